The number of halogens is 1. The first-order valence-corrected chi connectivity index (χ1v) is 9.66. The molecule has 0 spiro atoms. The number of rotatable bonds is 7. The van der Waals surface area contributed by atoms with Crippen LogP contribution in [0.4, 0.5) is 10.1 Å². The fourth-order valence-corrected chi connectivity index (χ4v) is 3.40. The van der Waals surface area contributed by atoms with Crippen molar-refractivity contribution in [1.29, 1.82) is 0 Å². The average Bonchev–Trinajstić information content (AvgIpc) is 2.68. The number of piperidine rings is 1. The third kappa shape index (κ3) is 6.73. The fraction of sp³-hybridized carbons (Fsp3) is 0.600. The Kier molecular flexibility index (Phi) is 8.36. The predicted molar refractivity (Wildman–Crippen MR) is 109 cm³/mol. The highest BCUT2D eigenvalue weighted by Crippen LogP contribution is 2.20. The molecule has 150 valence electrons. The van der Waals surface area contributed by atoms with Gasteiger partial charge in [-0.3, -0.25) is 9.79 Å². The van der Waals surface area contributed by atoms with Gasteiger partial charge in [0.15, 0.2) is 5.96 Å². The minimum absolute atomic E-state index is 0.123. The molecule has 0 atom stereocenters. The van der Waals surface area contributed by atoms with Crippen molar-refractivity contribution < 1.29 is 9.18 Å². The van der Waals surface area contributed by atoms with Crippen LogP contribution in [0.5, 0.6) is 0 Å². The SMILES string of the molecule is CN=C(NCCCN(C)c1cccc(F)c1)N1CCC(CC(=O)NC)CC1. The highest BCUT2D eigenvalue weighted by molar-refractivity contribution is 5.80. The molecule has 1 heterocycles. The van der Waals surface area contributed by atoms with Crippen LogP contribution in [0.15, 0.2) is 29.3 Å². The summed E-state index contributed by atoms with van der Waals surface area (Å²) in [6.07, 6.45) is 3.56. The lowest BCUT2D eigenvalue weighted by Gasteiger charge is -2.34. The molecule has 0 unspecified atom stereocenters. The third-order valence-corrected chi connectivity index (χ3v) is 5.08. The van der Waals surface area contributed by atoms with Gasteiger partial charge in [-0.1, -0.05) is 6.07 Å². The fourth-order valence-electron chi connectivity index (χ4n) is 3.40. The van der Waals surface area contributed by atoms with Crippen molar-refractivity contribution in [3.63, 3.8) is 0 Å². The molecular weight excluding hydrogens is 345 g/mol. The van der Waals surface area contributed by atoms with Gasteiger partial charge in [-0.15, -0.1) is 0 Å². The van der Waals surface area contributed by atoms with Crippen molar-refractivity contribution in [2.24, 2.45) is 10.9 Å². The number of amides is 1. The molecule has 0 saturated carbocycles. The monoisotopic (exact) mass is 377 g/mol. The Morgan fingerprint density at radius 1 is 1.37 bits per heavy atom. The molecule has 1 amide bonds. The number of likely N-dealkylation sites (tertiary alicyclic amines) is 1. The zero-order chi connectivity index (χ0) is 19.6. The molecule has 2 rings (SSSR count). The van der Waals surface area contributed by atoms with E-state index >= 15 is 0 Å². The lowest BCUT2D eigenvalue weighted by molar-refractivity contribution is -0.121. The second-order valence-electron chi connectivity index (χ2n) is 7.04. The van der Waals surface area contributed by atoms with E-state index in [0.717, 1.165) is 57.1 Å². The second-order valence-corrected chi connectivity index (χ2v) is 7.04. The first-order valence-electron chi connectivity index (χ1n) is 9.66. The van der Waals surface area contributed by atoms with Gasteiger partial charge < -0.3 is 20.4 Å². The molecule has 1 aliphatic rings. The Balaban J connectivity index is 1.69. The molecule has 1 aromatic rings. The first-order chi connectivity index (χ1) is 13.0. The van der Waals surface area contributed by atoms with Crippen molar-refractivity contribution in [1.82, 2.24) is 15.5 Å². The van der Waals surface area contributed by atoms with Crippen LogP contribution in [0.25, 0.3) is 0 Å². The molecule has 0 bridgehead atoms. The zero-order valence-electron chi connectivity index (χ0n) is 16.7. The lowest BCUT2D eigenvalue weighted by Crippen LogP contribution is -2.46. The third-order valence-electron chi connectivity index (χ3n) is 5.08. The number of benzene rings is 1. The first kappa shape index (κ1) is 21.0. The van der Waals surface area contributed by atoms with Gasteiger partial charge in [0.25, 0.3) is 0 Å². The molecule has 7 heteroatoms. The summed E-state index contributed by atoms with van der Waals surface area (Å²) < 4.78 is 13.3. The van der Waals surface area contributed by atoms with Crippen molar-refractivity contribution in [3.05, 3.63) is 30.1 Å². The molecule has 1 saturated heterocycles. The van der Waals surface area contributed by atoms with E-state index in [2.05, 4.69) is 25.4 Å². The summed E-state index contributed by atoms with van der Waals surface area (Å²) in [6, 6.07) is 6.66. The summed E-state index contributed by atoms with van der Waals surface area (Å²) >= 11 is 0. The van der Waals surface area contributed by atoms with Crippen LogP contribution < -0.4 is 15.5 Å². The van der Waals surface area contributed by atoms with Crippen molar-refractivity contribution in [2.45, 2.75) is 25.7 Å². The maximum atomic E-state index is 13.3. The molecule has 1 aromatic carbocycles. The normalized spacial score (nSPS) is 15.6. The topological polar surface area (TPSA) is 60.0 Å². The molecule has 0 aromatic heterocycles. The van der Waals surface area contributed by atoms with Gasteiger partial charge in [-0.05, 0) is 43.4 Å². The smallest absolute Gasteiger partial charge is 0.220 e. The van der Waals surface area contributed by atoms with Crippen LogP contribution in [0, 0.1) is 11.7 Å². The van der Waals surface area contributed by atoms with Crippen molar-refractivity contribution in [3.8, 4) is 0 Å². The Morgan fingerprint density at radius 3 is 2.74 bits per heavy atom. The average molecular weight is 378 g/mol. The summed E-state index contributed by atoms with van der Waals surface area (Å²) in [5.41, 5.74) is 0.887. The molecule has 1 fully saturated rings. The maximum Gasteiger partial charge on any atom is 0.220 e. The van der Waals surface area contributed by atoms with E-state index in [-0.39, 0.29) is 11.7 Å². The number of anilines is 1. The minimum atomic E-state index is -0.210. The molecule has 27 heavy (non-hydrogen) atoms. The number of aliphatic imine (C=N–C) groups is 1. The lowest BCUT2D eigenvalue weighted by atomic mass is 9.93. The molecule has 0 radical (unpaired) electrons. The van der Waals surface area contributed by atoms with Crippen LogP contribution in [0.2, 0.25) is 0 Å². The minimum Gasteiger partial charge on any atom is -0.374 e. The number of guanidine groups is 1. The van der Waals surface area contributed by atoms with Gasteiger partial charge in [-0.2, -0.15) is 0 Å². The molecule has 1 aliphatic heterocycles. The Hall–Kier alpha value is -2.31. The number of hydrogen-bond acceptors (Lipinski definition) is 3. The molecular formula is C20H32FN5O. The molecule has 6 nitrogen and oxygen atoms in total. The van der Waals surface area contributed by atoms with Crippen LogP contribution in [-0.2, 0) is 4.79 Å². The van der Waals surface area contributed by atoms with E-state index in [0.29, 0.717) is 12.3 Å². The van der Waals surface area contributed by atoms with Crippen LogP contribution >= 0.6 is 0 Å². The van der Waals surface area contributed by atoms with Crippen molar-refractivity contribution >= 4 is 17.6 Å². The summed E-state index contributed by atoms with van der Waals surface area (Å²) in [6.45, 7) is 3.49. The van der Waals surface area contributed by atoms with E-state index in [1.54, 1.807) is 26.2 Å². The maximum absolute atomic E-state index is 13.3. The standard InChI is InChI=1S/C20H32FN5O/c1-22-19(27)14-16-8-12-26(13-9-16)20(23-2)24-10-5-11-25(3)18-7-4-6-17(21)15-18/h4,6-7,15-16H,5,8-14H2,1-3H3,(H,22,27)(H,23,24). The Bertz CT molecular complexity index is 629. The number of carbonyl (C=O) groups is 1. The molecule has 0 aliphatic carbocycles. The summed E-state index contributed by atoms with van der Waals surface area (Å²) in [5.74, 6) is 1.29. The van der Waals surface area contributed by atoms with Crippen LogP contribution in [0.1, 0.15) is 25.7 Å². The highest BCUT2D eigenvalue weighted by atomic mass is 19.1. The van der Waals surface area contributed by atoms with Crippen molar-refractivity contribution in [2.75, 3.05) is 52.2 Å². The van der Waals surface area contributed by atoms with E-state index in [9.17, 15) is 9.18 Å². The van der Waals surface area contributed by atoms with Gasteiger partial charge in [0, 0.05) is 59.4 Å². The summed E-state index contributed by atoms with van der Waals surface area (Å²) in [4.78, 5) is 20.2. The predicted octanol–water partition coefficient (Wildman–Crippen LogP) is 2.08. The van der Waals surface area contributed by atoms with E-state index < -0.39 is 0 Å². The van der Waals surface area contributed by atoms with E-state index in [1.165, 1.54) is 6.07 Å². The highest BCUT2D eigenvalue weighted by Gasteiger charge is 2.22. The molecule has 2 N–H and O–H groups in total. The van der Waals surface area contributed by atoms with Crippen LogP contribution in [-0.4, -0.2) is 64.1 Å². The van der Waals surface area contributed by atoms with Crippen LogP contribution in [0.3, 0.4) is 0 Å². The van der Waals surface area contributed by atoms with Gasteiger partial charge in [0.05, 0.1) is 0 Å². The van der Waals surface area contributed by atoms with Gasteiger partial charge >= 0.3 is 0 Å². The zero-order valence-corrected chi connectivity index (χ0v) is 16.7. The van der Waals surface area contributed by atoms with Gasteiger partial charge in [-0.25, -0.2) is 4.39 Å². The van der Waals surface area contributed by atoms with Gasteiger partial charge in [0.1, 0.15) is 5.82 Å². The Morgan fingerprint density at radius 2 is 2.11 bits per heavy atom. The second kappa shape index (κ2) is 10.7. The number of carbonyl (C=O) groups excluding carboxylic acids is 1. The largest absolute Gasteiger partial charge is 0.374 e. The number of nitrogens with one attached hydrogen (secondary N) is 2. The van der Waals surface area contributed by atoms with E-state index in [1.807, 2.05) is 13.1 Å². The Labute approximate surface area is 161 Å². The summed E-state index contributed by atoms with van der Waals surface area (Å²) in [7, 11) is 5.47. The quantitative estimate of drug-likeness (QED) is 0.434. The number of nitrogens with zero attached hydrogens (tertiary/aromatic N) is 3. The summed E-state index contributed by atoms with van der Waals surface area (Å²) in [5, 5.41) is 6.12. The van der Waals surface area contributed by atoms with E-state index in [4.69, 9.17) is 0 Å². The van der Waals surface area contributed by atoms with Gasteiger partial charge in [0.2, 0.25) is 5.91 Å². The number of hydrogen-bond donors (Lipinski definition) is 2.